The third kappa shape index (κ3) is 7.66. The van der Waals surface area contributed by atoms with Crippen LogP contribution in [0.25, 0.3) is 10.9 Å². The van der Waals surface area contributed by atoms with Gasteiger partial charge in [-0.3, -0.25) is 19.5 Å². The number of carbonyl (C=O) groups is 3. The maximum atomic E-state index is 11.2. The Morgan fingerprint density at radius 3 is 2.23 bits per heavy atom. The molecule has 1 saturated heterocycles. The predicted octanol–water partition coefficient (Wildman–Crippen LogP) is 3.13. The van der Waals surface area contributed by atoms with Crippen molar-refractivity contribution in [2.45, 2.75) is 43.4 Å². The van der Waals surface area contributed by atoms with E-state index in [1.54, 1.807) is 7.11 Å². The van der Waals surface area contributed by atoms with Gasteiger partial charge in [0.25, 0.3) is 0 Å². The second-order valence-corrected chi connectivity index (χ2v) is 10.1. The number of likely N-dealkylation sites (tertiary alicyclic amines) is 1. The molecule has 214 valence electrons. The van der Waals surface area contributed by atoms with Gasteiger partial charge in [0.15, 0.2) is 5.60 Å². The minimum atomic E-state index is -2.74. The van der Waals surface area contributed by atoms with Crippen LogP contribution in [0.1, 0.15) is 36.8 Å². The fourth-order valence-electron chi connectivity index (χ4n) is 4.65. The molecule has 3 aromatic rings. The van der Waals surface area contributed by atoms with Crippen LogP contribution in [-0.4, -0.2) is 79.1 Å². The van der Waals surface area contributed by atoms with Crippen LogP contribution >= 0.6 is 11.6 Å². The summed E-state index contributed by atoms with van der Waals surface area (Å²) in [5.74, 6) is -4.27. The fraction of sp³-hybridized carbons (Fsp3) is 0.357. The monoisotopic (exact) mass is 574 g/mol. The summed E-state index contributed by atoms with van der Waals surface area (Å²) in [6.07, 6.45) is 0.915. The number of para-hydroxylation sites is 1. The van der Waals surface area contributed by atoms with E-state index in [9.17, 15) is 19.5 Å². The number of benzene rings is 2. The van der Waals surface area contributed by atoms with Gasteiger partial charge in [-0.25, -0.2) is 4.79 Å². The Labute approximate surface area is 235 Å². The summed E-state index contributed by atoms with van der Waals surface area (Å²) in [5.41, 5.74) is -0.525. The number of fused-ring (bicyclic) bond motifs is 1. The van der Waals surface area contributed by atoms with Crippen LogP contribution in [0, 0.1) is 0 Å². The Hall–Kier alpha value is -3.77. The van der Waals surface area contributed by atoms with E-state index in [-0.39, 0.29) is 0 Å². The van der Waals surface area contributed by atoms with Crippen LogP contribution in [0.4, 0.5) is 0 Å². The average Bonchev–Trinajstić information content (AvgIpc) is 2.90. The summed E-state index contributed by atoms with van der Waals surface area (Å²) in [6.45, 7) is 2.46. The molecule has 0 saturated carbocycles. The van der Waals surface area contributed by atoms with E-state index in [1.807, 2.05) is 48.7 Å². The predicted molar refractivity (Wildman–Crippen MR) is 145 cm³/mol. The van der Waals surface area contributed by atoms with E-state index >= 15 is 0 Å². The summed E-state index contributed by atoms with van der Waals surface area (Å²) in [7, 11) is 1.65. The van der Waals surface area contributed by atoms with Crippen molar-refractivity contribution >= 4 is 40.4 Å². The first-order valence-corrected chi connectivity index (χ1v) is 12.8. The number of nitrogens with zero attached hydrogens (tertiary/aromatic N) is 2. The normalized spacial score (nSPS) is 15.1. The molecular weight excluding hydrogens is 544 g/mol. The van der Waals surface area contributed by atoms with Gasteiger partial charge in [-0.1, -0.05) is 29.8 Å². The SMILES string of the molecule is COc1ccccc1C1(O)CCN(Cc2ccnc3ccc(Cl)cc23)CC1.O=C(O)CC(O)(CC(=O)O)C(=O)O. The van der Waals surface area contributed by atoms with E-state index in [0.29, 0.717) is 12.8 Å². The van der Waals surface area contributed by atoms with Gasteiger partial charge >= 0.3 is 17.9 Å². The summed E-state index contributed by atoms with van der Waals surface area (Å²) in [5, 5.41) is 46.8. The van der Waals surface area contributed by atoms with Gasteiger partial charge in [0.1, 0.15) is 5.75 Å². The molecule has 0 aliphatic carbocycles. The number of aromatic nitrogens is 1. The number of hydrogen-bond acceptors (Lipinski definition) is 8. The second kappa shape index (κ2) is 13.1. The molecule has 0 atom stereocenters. The zero-order valence-corrected chi connectivity index (χ0v) is 22.5. The maximum absolute atomic E-state index is 11.2. The number of piperidine rings is 1. The Balaban J connectivity index is 0.000000289. The lowest BCUT2D eigenvalue weighted by Crippen LogP contribution is -2.42. The number of hydrogen-bond donors (Lipinski definition) is 5. The van der Waals surface area contributed by atoms with E-state index in [2.05, 4.69) is 16.0 Å². The number of halogens is 1. The van der Waals surface area contributed by atoms with Crippen LogP contribution in [0.3, 0.4) is 0 Å². The zero-order valence-electron chi connectivity index (χ0n) is 21.8. The van der Waals surface area contributed by atoms with E-state index in [0.717, 1.165) is 46.9 Å². The van der Waals surface area contributed by atoms with Crippen LogP contribution in [0.15, 0.2) is 54.7 Å². The fourth-order valence-corrected chi connectivity index (χ4v) is 4.82. The first kappa shape index (κ1) is 30.8. The Morgan fingerprint density at radius 2 is 1.65 bits per heavy atom. The van der Waals surface area contributed by atoms with E-state index in [1.165, 1.54) is 5.56 Å². The van der Waals surface area contributed by atoms with E-state index < -0.39 is 42.0 Å². The smallest absolute Gasteiger partial charge is 0.336 e. The van der Waals surface area contributed by atoms with Gasteiger partial charge in [0, 0.05) is 41.8 Å². The van der Waals surface area contributed by atoms with Gasteiger partial charge in [0.2, 0.25) is 0 Å². The third-order valence-corrected chi connectivity index (χ3v) is 7.00. The van der Waals surface area contributed by atoms with Gasteiger partial charge in [-0.15, -0.1) is 0 Å². The molecule has 2 heterocycles. The minimum absolute atomic E-state index is 0.678. The maximum Gasteiger partial charge on any atom is 0.336 e. The molecular formula is C28H31ClN2O9. The lowest BCUT2D eigenvalue weighted by molar-refractivity contribution is -0.170. The molecule has 12 heteroatoms. The van der Waals surface area contributed by atoms with Gasteiger partial charge in [0.05, 0.1) is 31.1 Å². The number of ether oxygens (including phenoxy) is 1. The highest BCUT2D eigenvalue weighted by molar-refractivity contribution is 6.31. The number of carboxylic acids is 3. The highest BCUT2D eigenvalue weighted by atomic mass is 35.5. The summed E-state index contributed by atoms with van der Waals surface area (Å²) >= 11 is 6.18. The summed E-state index contributed by atoms with van der Waals surface area (Å²) in [4.78, 5) is 37.3. The van der Waals surface area contributed by atoms with Crippen molar-refractivity contribution in [1.29, 1.82) is 0 Å². The Morgan fingerprint density at radius 1 is 1.02 bits per heavy atom. The van der Waals surface area contributed by atoms with Crippen LogP contribution in [0.5, 0.6) is 5.75 Å². The number of rotatable bonds is 9. The minimum Gasteiger partial charge on any atom is -0.496 e. The van der Waals surface area contributed by atoms with Crippen molar-refractivity contribution < 1.29 is 44.7 Å². The van der Waals surface area contributed by atoms with Crippen molar-refractivity contribution in [3.63, 3.8) is 0 Å². The molecule has 2 aromatic carbocycles. The highest BCUT2D eigenvalue weighted by Crippen LogP contribution is 2.38. The number of pyridine rings is 1. The zero-order chi connectivity index (χ0) is 29.5. The number of carboxylic acid groups (broad SMARTS) is 3. The van der Waals surface area contributed by atoms with Crippen molar-refractivity contribution in [3.05, 3.63) is 70.9 Å². The number of aliphatic carboxylic acids is 3. The van der Waals surface area contributed by atoms with Crippen LogP contribution in [0.2, 0.25) is 5.02 Å². The summed E-state index contributed by atoms with van der Waals surface area (Å²) in [6, 6.07) is 15.6. The van der Waals surface area contributed by atoms with Gasteiger partial charge in [-0.05, 0) is 48.7 Å². The molecule has 0 amide bonds. The van der Waals surface area contributed by atoms with Crippen LogP contribution in [-0.2, 0) is 26.5 Å². The van der Waals surface area contributed by atoms with Crippen LogP contribution < -0.4 is 4.74 Å². The molecule has 0 radical (unpaired) electrons. The topological polar surface area (TPSA) is 178 Å². The lowest BCUT2D eigenvalue weighted by Gasteiger charge is -2.39. The third-order valence-electron chi connectivity index (χ3n) is 6.76. The molecule has 1 aromatic heterocycles. The van der Waals surface area contributed by atoms with Gasteiger partial charge in [-0.2, -0.15) is 0 Å². The highest BCUT2D eigenvalue weighted by Gasteiger charge is 2.41. The standard InChI is InChI=1S/C22H23ClN2O2.C6H8O7/c1-27-21-5-3-2-4-19(21)22(26)9-12-25(13-10-22)15-16-8-11-24-20-7-6-17(23)14-18(16)20;7-3(8)1-6(13,5(11)12)2-4(9)10/h2-8,11,14,26H,9-10,12-13,15H2,1H3;13H,1-2H2,(H,7,8)(H,9,10)(H,11,12). The largest absolute Gasteiger partial charge is 0.496 e. The molecule has 1 fully saturated rings. The quantitative estimate of drug-likeness (QED) is 0.253. The number of aliphatic hydroxyl groups is 2. The molecule has 0 unspecified atom stereocenters. The molecule has 1 aliphatic rings. The average molecular weight is 575 g/mol. The Bertz CT molecular complexity index is 1360. The second-order valence-electron chi connectivity index (χ2n) is 9.62. The Kier molecular flexibility index (Phi) is 10.0. The van der Waals surface area contributed by atoms with Crippen molar-refractivity contribution in [1.82, 2.24) is 9.88 Å². The lowest BCUT2D eigenvalue weighted by atomic mass is 9.83. The molecule has 1 aliphatic heterocycles. The number of methoxy groups -OCH3 is 1. The van der Waals surface area contributed by atoms with E-state index in [4.69, 9.17) is 36.8 Å². The van der Waals surface area contributed by atoms with Crippen molar-refractivity contribution in [2.24, 2.45) is 0 Å². The van der Waals surface area contributed by atoms with Crippen molar-refractivity contribution in [3.8, 4) is 5.75 Å². The molecule has 4 rings (SSSR count). The van der Waals surface area contributed by atoms with Gasteiger partial charge < -0.3 is 30.3 Å². The first-order valence-electron chi connectivity index (χ1n) is 12.4. The molecule has 0 bridgehead atoms. The first-order chi connectivity index (χ1) is 18.9. The summed E-state index contributed by atoms with van der Waals surface area (Å²) < 4.78 is 5.45. The molecule has 5 N–H and O–H groups in total. The molecule has 0 spiro atoms. The molecule has 11 nitrogen and oxygen atoms in total. The van der Waals surface area contributed by atoms with Crippen molar-refractivity contribution in [2.75, 3.05) is 20.2 Å². The molecule has 40 heavy (non-hydrogen) atoms.